The maximum absolute atomic E-state index is 11.8. The second-order valence-corrected chi connectivity index (χ2v) is 4.29. The number of amides is 1. The van der Waals surface area contributed by atoms with Crippen molar-refractivity contribution in [3.8, 4) is 0 Å². The molecule has 104 valence electrons. The molecule has 0 atom stereocenters. The van der Waals surface area contributed by atoms with Crippen LogP contribution in [0.1, 0.15) is 6.92 Å². The molecule has 0 aliphatic heterocycles. The maximum Gasteiger partial charge on any atom is 0.287 e. The van der Waals surface area contributed by atoms with Crippen LogP contribution in [0.25, 0.3) is 0 Å². The number of carbonyl (C=O) groups is 1. The van der Waals surface area contributed by atoms with Gasteiger partial charge >= 0.3 is 0 Å². The Bertz CT molecular complexity index is 527. The summed E-state index contributed by atoms with van der Waals surface area (Å²) < 4.78 is 1.19. The van der Waals surface area contributed by atoms with Crippen LogP contribution in [-0.2, 0) is 11.3 Å². The van der Waals surface area contributed by atoms with Crippen molar-refractivity contribution in [1.82, 2.24) is 14.7 Å². The quantitative estimate of drug-likeness (QED) is 0.791. The summed E-state index contributed by atoms with van der Waals surface area (Å²) in [7, 11) is 1.70. The second-order valence-electron chi connectivity index (χ2n) is 3.91. The van der Waals surface area contributed by atoms with Gasteiger partial charge in [0.15, 0.2) is 0 Å². The zero-order valence-corrected chi connectivity index (χ0v) is 11.8. The van der Waals surface area contributed by atoms with Gasteiger partial charge in [0.2, 0.25) is 5.91 Å². The number of rotatable bonds is 6. The topological polar surface area (TPSA) is 67.2 Å². The Morgan fingerprint density at radius 2 is 2.37 bits per heavy atom. The number of nitrogens with zero attached hydrogens (tertiary/aromatic N) is 3. The van der Waals surface area contributed by atoms with Crippen LogP contribution in [0.5, 0.6) is 0 Å². The fourth-order valence-corrected chi connectivity index (χ4v) is 1.54. The molecule has 19 heavy (non-hydrogen) atoms. The molecule has 0 saturated heterocycles. The number of hydrogen-bond acceptors (Lipinski definition) is 4. The Labute approximate surface area is 116 Å². The monoisotopic (exact) mass is 284 g/mol. The summed E-state index contributed by atoms with van der Waals surface area (Å²) in [5.41, 5.74) is -0.0623. The first-order valence-electron chi connectivity index (χ1n) is 5.85. The van der Waals surface area contributed by atoms with E-state index >= 15 is 0 Å². The minimum absolute atomic E-state index is 0.0174. The van der Waals surface area contributed by atoms with E-state index in [9.17, 15) is 9.59 Å². The van der Waals surface area contributed by atoms with Crippen LogP contribution in [-0.4, -0.2) is 40.7 Å². The predicted molar refractivity (Wildman–Crippen MR) is 75.5 cm³/mol. The van der Waals surface area contributed by atoms with E-state index < -0.39 is 5.56 Å². The summed E-state index contributed by atoms with van der Waals surface area (Å²) >= 11 is 5.94. The summed E-state index contributed by atoms with van der Waals surface area (Å²) in [4.78, 5) is 25.0. The minimum Gasteiger partial charge on any atom is -0.373 e. The fourth-order valence-electron chi connectivity index (χ4n) is 1.32. The first-order chi connectivity index (χ1) is 9.01. The lowest BCUT2D eigenvalue weighted by atomic mass is 10.4. The molecular formula is C12H17ClN4O2. The van der Waals surface area contributed by atoms with Crippen molar-refractivity contribution in [1.29, 1.82) is 0 Å². The first-order valence-corrected chi connectivity index (χ1v) is 6.23. The van der Waals surface area contributed by atoms with Crippen molar-refractivity contribution in [2.45, 2.75) is 13.5 Å². The average molecular weight is 285 g/mol. The van der Waals surface area contributed by atoms with Crippen LogP contribution >= 0.6 is 11.6 Å². The number of anilines is 1. The molecule has 0 aromatic carbocycles. The van der Waals surface area contributed by atoms with E-state index in [-0.39, 0.29) is 24.0 Å². The smallest absolute Gasteiger partial charge is 0.287 e. The highest BCUT2D eigenvalue weighted by Crippen LogP contribution is 2.14. The van der Waals surface area contributed by atoms with Crippen molar-refractivity contribution in [2.24, 2.45) is 0 Å². The van der Waals surface area contributed by atoms with Gasteiger partial charge in [-0.25, -0.2) is 4.68 Å². The minimum atomic E-state index is -0.414. The molecule has 6 nitrogen and oxygen atoms in total. The molecule has 0 saturated carbocycles. The SMILES string of the molecule is C=CCn1ncc(NCC(=O)N(C)CC)c(Cl)c1=O. The zero-order chi connectivity index (χ0) is 14.4. The van der Waals surface area contributed by atoms with Crippen molar-refractivity contribution >= 4 is 23.2 Å². The first kappa shape index (κ1) is 15.2. The summed E-state index contributed by atoms with van der Waals surface area (Å²) in [6.45, 7) is 6.38. The predicted octanol–water partition coefficient (Wildman–Crippen LogP) is 0.973. The zero-order valence-electron chi connectivity index (χ0n) is 11.0. The lowest BCUT2D eigenvalue weighted by Crippen LogP contribution is -2.32. The number of nitrogens with one attached hydrogen (secondary N) is 1. The molecule has 1 aromatic rings. The van der Waals surface area contributed by atoms with Crippen molar-refractivity contribution in [3.63, 3.8) is 0 Å². The van der Waals surface area contributed by atoms with Crippen LogP contribution in [0.15, 0.2) is 23.6 Å². The van der Waals surface area contributed by atoms with E-state index in [1.807, 2.05) is 6.92 Å². The molecule has 0 radical (unpaired) electrons. The Kier molecular flexibility index (Phi) is 5.57. The van der Waals surface area contributed by atoms with Crippen molar-refractivity contribution in [3.05, 3.63) is 34.2 Å². The summed E-state index contributed by atoms with van der Waals surface area (Å²) in [5, 5.41) is 6.76. The molecule has 0 aliphatic rings. The van der Waals surface area contributed by atoms with Gasteiger partial charge in [-0.05, 0) is 6.92 Å². The average Bonchev–Trinajstić information content (AvgIpc) is 2.42. The van der Waals surface area contributed by atoms with E-state index in [1.54, 1.807) is 18.0 Å². The van der Waals surface area contributed by atoms with E-state index in [4.69, 9.17) is 11.6 Å². The summed E-state index contributed by atoms with van der Waals surface area (Å²) in [6, 6.07) is 0. The lowest BCUT2D eigenvalue weighted by Gasteiger charge is -2.15. The number of hydrogen-bond donors (Lipinski definition) is 1. The molecule has 1 aromatic heterocycles. The molecular weight excluding hydrogens is 268 g/mol. The molecule has 0 bridgehead atoms. The highest BCUT2D eigenvalue weighted by atomic mass is 35.5. The van der Waals surface area contributed by atoms with Crippen LogP contribution in [0, 0.1) is 0 Å². The number of allylic oxidation sites excluding steroid dienone is 1. The third-order valence-electron chi connectivity index (χ3n) is 2.62. The number of carbonyl (C=O) groups excluding carboxylic acids is 1. The number of aromatic nitrogens is 2. The Morgan fingerprint density at radius 3 is 2.95 bits per heavy atom. The molecule has 0 unspecified atom stereocenters. The Hall–Kier alpha value is -1.82. The van der Waals surface area contributed by atoms with E-state index in [0.717, 1.165) is 0 Å². The van der Waals surface area contributed by atoms with Crippen LogP contribution in [0.4, 0.5) is 5.69 Å². The molecule has 7 heteroatoms. The van der Waals surface area contributed by atoms with E-state index in [2.05, 4.69) is 17.0 Å². The highest BCUT2D eigenvalue weighted by molar-refractivity contribution is 6.33. The number of likely N-dealkylation sites (N-methyl/N-ethyl adjacent to an activating group) is 1. The third kappa shape index (κ3) is 3.82. The number of halogens is 1. The molecule has 1 heterocycles. The molecule has 0 aliphatic carbocycles. The summed E-state index contributed by atoms with van der Waals surface area (Å²) in [6.07, 6.45) is 2.98. The van der Waals surface area contributed by atoms with Crippen LogP contribution < -0.4 is 10.9 Å². The fraction of sp³-hybridized carbons (Fsp3) is 0.417. The van der Waals surface area contributed by atoms with Crippen LogP contribution in [0.3, 0.4) is 0 Å². The van der Waals surface area contributed by atoms with Gasteiger partial charge in [0.25, 0.3) is 5.56 Å². The largest absolute Gasteiger partial charge is 0.373 e. The van der Waals surface area contributed by atoms with Gasteiger partial charge in [0, 0.05) is 13.6 Å². The van der Waals surface area contributed by atoms with Crippen molar-refractivity contribution < 1.29 is 4.79 Å². The molecule has 1 amide bonds. The molecule has 1 rings (SSSR count). The van der Waals surface area contributed by atoms with Crippen molar-refractivity contribution in [2.75, 3.05) is 25.5 Å². The maximum atomic E-state index is 11.8. The third-order valence-corrected chi connectivity index (χ3v) is 2.98. The molecule has 1 N–H and O–H groups in total. The normalized spacial score (nSPS) is 10.1. The molecule has 0 spiro atoms. The second kappa shape index (κ2) is 6.94. The standard InChI is InChI=1S/C12H17ClN4O2/c1-4-6-17-12(19)11(13)9(7-15-17)14-8-10(18)16(3)5-2/h4,7,14H,1,5-6,8H2,2-3H3. The van der Waals surface area contributed by atoms with E-state index in [0.29, 0.717) is 12.2 Å². The van der Waals surface area contributed by atoms with Crippen LogP contribution in [0.2, 0.25) is 5.02 Å². The van der Waals surface area contributed by atoms with Gasteiger partial charge in [-0.15, -0.1) is 6.58 Å². The van der Waals surface area contributed by atoms with Gasteiger partial charge in [-0.2, -0.15) is 5.10 Å². The Morgan fingerprint density at radius 1 is 1.68 bits per heavy atom. The van der Waals surface area contributed by atoms with Gasteiger partial charge < -0.3 is 10.2 Å². The van der Waals surface area contributed by atoms with Gasteiger partial charge in [0.1, 0.15) is 5.02 Å². The highest BCUT2D eigenvalue weighted by Gasteiger charge is 2.11. The van der Waals surface area contributed by atoms with Gasteiger partial charge in [-0.1, -0.05) is 17.7 Å². The van der Waals surface area contributed by atoms with E-state index in [1.165, 1.54) is 10.9 Å². The van der Waals surface area contributed by atoms with Gasteiger partial charge in [0.05, 0.1) is 25.0 Å². The summed E-state index contributed by atoms with van der Waals surface area (Å²) in [5.74, 6) is -0.0890. The van der Waals surface area contributed by atoms with Gasteiger partial charge in [-0.3, -0.25) is 9.59 Å². The lowest BCUT2D eigenvalue weighted by molar-refractivity contribution is -0.127. The molecule has 0 fully saturated rings. The Balaban J connectivity index is 2.81.